The van der Waals surface area contributed by atoms with Crippen LogP contribution in [0.2, 0.25) is 0 Å². The van der Waals surface area contributed by atoms with Crippen molar-refractivity contribution in [2.45, 2.75) is 27.7 Å². The van der Waals surface area contributed by atoms with Crippen LogP contribution in [0.25, 0.3) is 11.0 Å². The van der Waals surface area contributed by atoms with Crippen LogP contribution in [0.1, 0.15) is 27.7 Å². The number of nitrogens with zero attached hydrogens (tertiary/aromatic N) is 2. The fraction of sp³-hybridized carbons (Fsp3) is 0.500. The van der Waals surface area contributed by atoms with Crippen LogP contribution >= 0.6 is 0 Å². The van der Waals surface area contributed by atoms with Gasteiger partial charge in [0.1, 0.15) is 24.2 Å². The second kappa shape index (κ2) is 11.9. The highest BCUT2D eigenvalue weighted by Gasteiger charge is 2.20. The first-order chi connectivity index (χ1) is 14.5. The molecule has 2 rings (SSSR count). The van der Waals surface area contributed by atoms with Crippen molar-refractivity contribution in [3.05, 3.63) is 12.1 Å². The van der Waals surface area contributed by atoms with E-state index in [2.05, 4.69) is 9.97 Å². The fourth-order valence-electron chi connectivity index (χ4n) is 2.40. The molecule has 0 N–H and O–H groups in total. The molecule has 0 aliphatic carbocycles. The third-order valence-electron chi connectivity index (χ3n) is 3.54. The Hall–Kier alpha value is -2.98. The lowest BCUT2D eigenvalue weighted by molar-refractivity contribution is -0.132. The van der Waals surface area contributed by atoms with Gasteiger partial charge in [-0.15, -0.1) is 0 Å². The van der Waals surface area contributed by atoms with Crippen LogP contribution < -0.4 is 18.9 Å². The summed E-state index contributed by atoms with van der Waals surface area (Å²) < 4.78 is 32.3. The van der Waals surface area contributed by atoms with Crippen molar-refractivity contribution < 1.29 is 38.0 Å². The van der Waals surface area contributed by atoms with Gasteiger partial charge in [0.15, 0.2) is 11.5 Å². The second-order valence-corrected chi connectivity index (χ2v) is 5.87. The average molecular weight is 422 g/mol. The molecule has 1 aromatic carbocycles. The van der Waals surface area contributed by atoms with Crippen LogP contribution in [0, 0.1) is 0 Å². The van der Waals surface area contributed by atoms with Crippen molar-refractivity contribution in [3.8, 4) is 23.3 Å². The van der Waals surface area contributed by atoms with Gasteiger partial charge in [-0.25, -0.2) is 9.97 Å². The van der Waals surface area contributed by atoms with E-state index in [1.807, 2.05) is 13.8 Å². The number of aromatic nitrogens is 2. The molecule has 0 fully saturated rings. The summed E-state index contributed by atoms with van der Waals surface area (Å²) in [7, 11) is 0. The molecule has 0 unspecified atom stereocenters. The predicted octanol–water partition coefficient (Wildman–Crippen LogP) is 2.31. The van der Waals surface area contributed by atoms with E-state index in [1.54, 1.807) is 0 Å². The van der Waals surface area contributed by atoms with Crippen molar-refractivity contribution in [1.82, 2.24) is 9.97 Å². The quantitative estimate of drug-likeness (QED) is 0.287. The van der Waals surface area contributed by atoms with Gasteiger partial charge in [0.05, 0.1) is 13.2 Å². The lowest BCUT2D eigenvalue weighted by Crippen LogP contribution is -2.13. The number of esters is 2. The Kier molecular flexibility index (Phi) is 9.23. The van der Waals surface area contributed by atoms with Gasteiger partial charge >= 0.3 is 11.9 Å². The zero-order chi connectivity index (χ0) is 21.9. The summed E-state index contributed by atoms with van der Waals surface area (Å²) in [4.78, 5) is 31.8. The Morgan fingerprint density at radius 1 is 0.733 bits per heavy atom. The molecule has 2 aromatic rings. The summed E-state index contributed by atoms with van der Waals surface area (Å²) in [6, 6.07) is 2.94. The zero-order valence-electron chi connectivity index (χ0n) is 17.6. The maximum Gasteiger partial charge on any atom is 0.308 e. The van der Waals surface area contributed by atoms with E-state index in [1.165, 1.54) is 26.0 Å². The number of fused-ring (bicyclic) bond motifs is 1. The topological polar surface area (TPSA) is 115 Å². The van der Waals surface area contributed by atoms with E-state index in [9.17, 15) is 9.59 Å². The number of hydrogen-bond acceptors (Lipinski definition) is 10. The summed E-state index contributed by atoms with van der Waals surface area (Å²) in [6.07, 6.45) is 0. The smallest absolute Gasteiger partial charge is 0.308 e. The summed E-state index contributed by atoms with van der Waals surface area (Å²) in [5, 5.41) is 0. The van der Waals surface area contributed by atoms with Gasteiger partial charge in [0.25, 0.3) is 11.8 Å². The normalized spacial score (nSPS) is 10.7. The first kappa shape index (κ1) is 23.3. The van der Waals surface area contributed by atoms with Crippen LogP contribution in [0.5, 0.6) is 23.3 Å². The maximum atomic E-state index is 11.5. The molecule has 1 heterocycles. The lowest BCUT2D eigenvalue weighted by atomic mass is 10.2. The van der Waals surface area contributed by atoms with Gasteiger partial charge in [-0.05, 0) is 26.0 Å². The molecule has 0 radical (unpaired) electrons. The van der Waals surface area contributed by atoms with Crippen molar-refractivity contribution in [2.75, 3.05) is 39.6 Å². The van der Waals surface area contributed by atoms with E-state index in [0.717, 1.165) is 0 Å². The van der Waals surface area contributed by atoms with Crippen LogP contribution in [0.15, 0.2) is 12.1 Å². The fourth-order valence-corrected chi connectivity index (χ4v) is 2.40. The zero-order valence-corrected chi connectivity index (χ0v) is 17.6. The predicted molar refractivity (Wildman–Crippen MR) is 106 cm³/mol. The molecule has 0 amide bonds. The van der Waals surface area contributed by atoms with E-state index in [-0.39, 0.29) is 47.5 Å². The minimum absolute atomic E-state index is 0.0899. The van der Waals surface area contributed by atoms with E-state index < -0.39 is 11.9 Å². The number of ether oxygens (including phenoxy) is 6. The van der Waals surface area contributed by atoms with Gasteiger partial charge in [-0.1, -0.05) is 0 Å². The molecular formula is C20H26N2O8. The first-order valence-corrected chi connectivity index (χ1v) is 9.58. The van der Waals surface area contributed by atoms with E-state index >= 15 is 0 Å². The standard InChI is InChI=1S/C20H26N2O8/c1-5-25-9-11-27-19-20(28-12-10-26-6-2)22-18-16(30-14(4)24)8-7-15(17(18)21-19)29-13(3)23/h7-8H,5-6,9-12H2,1-4H3. The molecule has 0 aliphatic heterocycles. The number of benzene rings is 1. The summed E-state index contributed by atoms with van der Waals surface area (Å²) in [5.41, 5.74) is 0.375. The molecule has 0 saturated heterocycles. The lowest BCUT2D eigenvalue weighted by Gasteiger charge is -2.15. The van der Waals surface area contributed by atoms with Crippen LogP contribution in [-0.4, -0.2) is 61.5 Å². The summed E-state index contributed by atoms with van der Waals surface area (Å²) in [6.45, 7) is 8.50. The minimum atomic E-state index is -0.533. The van der Waals surface area contributed by atoms with Gasteiger partial charge in [0.2, 0.25) is 0 Å². The number of hydrogen-bond donors (Lipinski definition) is 0. The van der Waals surface area contributed by atoms with Crippen molar-refractivity contribution in [2.24, 2.45) is 0 Å². The molecule has 10 heteroatoms. The van der Waals surface area contributed by atoms with Gasteiger partial charge < -0.3 is 28.4 Å². The van der Waals surface area contributed by atoms with Gasteiger partial charge in [-0.3, -0.25) is 9.59 Å². The highest BCUT2D eigenvalue weighted by molar-refractivity contribution is 5.91. The molecule has 0 spiro atoms. The molecule has 0 saturated carbocycles. The number of carbonyl (C=O) groups excluding carboxylic acids is 2. The summed E-state index contributed by atoms with van der Waals surface area (Å²) in [5.74, 6) is -0.588. The van der Waals surface area contributed by atoms with Crippen molar-refractivity contribution >= 4 is 23.0 Å². The Bertz CT molecular complexity index is 801. The third-order valence-corrected chi connectivity index (χ3v) is 3.54. The molecule has 1 aromatic heterocycles. The van der Waals surface area contributed by atoms with Gasteiger partial charge in [0, 0.05) is 27.1 Å². The second-order valence-electron chi connectivity index (χ2n) is 5.87. The van der Waals surface area contributed by atoms with E-state index in [4.69, 9.17) is 28.4 Å². The number of rotatable bonds is 12. The molecule has 0 bridgehead atoms. The van der Waals surface area contributed by atoms with Crippen LogP contribution in [0.3, 0.4) is 0 Å². The third kappa shape index (κ3) is 6.82. The highest BCUT2D eigenvalue weighted by atomic mass is 16.6. The van der Waals surface area contributed by atoms with E-state index in [0.29, 0.717) is 26.4 Å². The maximum absolute atomic E-state index is 11.5. The Morgan fingerprint density at radius 3 is 1.47 bits per heavy atom. The van der Waals surface area contributed by atoms with Crippen molar-refractivity contribution in [1.29, 1.82) is 0 Å². The minimum Gasteiger partial charge on any atom is -0.471 e. The molecule has 30 heavy (non-hydrogen) atoms. The molecule has 10 nitrogen and oxygen atoms in total. The number of carbonyl (C=O) groups is 2. The Morgan fingerprint density at radius 2 is 1.13 bits per heavy atom. The molecule has 0 atom stereocenters. The average Bonchev–Trinajstić information content (AvgIpc) is 2.70. The molecular weight excluding hydrogens is 396 g/mol. The van der Waals surface area contributed by atoms with Crippen LogP contribution in [0.4, 0.5) is 0 Å². The monoisotopic (exact) mass is 422 g/mol. The van der Waals surface area contributed by atoms with Gasteiger partial charge in [-0.2, -0.15) is 0 Å². The highest BCUT2D eigenvalue weighted by Crippen LogP contribution is 2.36. The first-order valence-electron chi connectivity index (χ1n) is 9.58. The largest absolute Gasteiger partial charge is 0.471 e. The molecule has 0 aliphatic rings. The van der Waals surface area contributed by atoms with Crippen LogP contribution in [-0.2, 0) is 19.1 Å². The summed E-state index contributed by atoms with van der Waals surface area (Å²) >= 11 is 0. The SMILES string of the molecule is CCOCCOc1nc2c(OC(C)=O)ccc(OC(C)=O)c2nc1OCCOCC. The molecule has 164 valence electrons. The Balaban J connectivity index is 2.48. The Labute approximate surface area is 174 Å². The van der Waals surface area contributed by atoms with Crippen molar-refractivity contribution in [3.63, 3.8) is 0 Å².